The van der Waals surface area contributed by atoms with Crippen molar-refractivity contribution in [1.29, 1.82) is 0 Å². The summed E-state index contributed by atoms with van der Waals surface area (Å²) in [4.78, 5) is 2.49. The molecule has 150 valence electrons. The molecular weight excluding hydrogens is 385 g/mol. The highest BCUT2D eigenvalue weighted by atomic mass is 35.5. The van der Waals surface area contributed by atoms with Crippen molar-refractivity contribution in [3.63, 3.8) is 0 Å². The van der Waals surface area contributed by atoms with Crippen LogP contribution in [0.1, 0.15) is 18.4 Å². The Kier molecular flexibility index (Phi) is 9.56. The Hall–Kier alpha value is -1.82. The van der Waals surface area contributed by atoms with E-state index in [1.807, 2.05) is 30.3 Å². The van der Waals surface area contributed by atoms with Crippen molar-refractivity contribution < 1.29 is 9.47 Å². The first-order valence-electron chi connectivity index (χ1n) is 8.72. The molecule has 1 heterocycles. The van der Waals surface area contributed by atoms with Crippen molar-refractivity contribution in [2.75, 3.05) is 38.4 Å². The third-order valence-electron chi connectivity index (χ3n) is 4.67. The lowest BCUT2D eigenvalue weighted by molar-refractivity contribution is 0.211. The van der Waals surface area contributed by atoms with Crippen LogP contribution in [0.25, 0.3) is 0 Å². The molecule has 0 radical (unpaired) electrons. The quantitative estimate of drug-likeness (QED) is 0.694. The molecule has 3 N–H and O–H groups in total. The lowest BCUT2D eigenvalue weighted by Gasteiger charge is -2.33. The van der Waals surface area contributed by atoms with Gasteiger partial charge in [0.1, 0.15) is 11.5 Å². The zero-order valence-corrected chi connectivity index (χ0v) is 17.4. The van der Waals surface area contributed by atoms with Crippen molar-refractivity contribution >= 4 is 36.2 Å². The second-order valence-electron chi connectivity index (χ2n) is 6.54. The zero-order chi connectivity index (χ0) is 17.6. The number of rotatable bonds is 6. The van der Waals surface area contributed by atoms with E-state index in [9.17, 15) is 0 Å². The molecule has 0 aromatic heterocycles. The van der Waals surface area contributed by atoms with Crippen molar-refractivity contribution in [3.05, 3.63) is 48.0 Å². The largest absolute Gasteiger partial charge is 0.497 e. The molecule has 1 saturated heterocycles. The Labute approximate surface area is 174 Å². The summed E-state index contributed by atoms with van der Waals surface area (Å²) < 4.78 is 10.7. The van der Waals surface area contributed by atoms with E-state index in [2.05, 4.69) is 22.3 Å². The van der Waals surface area contributed by atoms with Gasteiger partial charge < -0.3 is 20.5 Å². The Morgan fingerprint density at radius 2 is 1.63 bits per heavy atom. The maximum Gasteiger partial charge on any atom is 0.124 e. The maximum absolute atomic E-state index is 5.87. The minimum atomic E-state index is 0. The van der Waals surface area contributed by atoms with Crippen LogP contribution in [0.15, 0.2) is 42.5 Å². The molecule has 2 aromatic carbocycles. The molecule has 2 aromatic rings. The molecule has 0 amide bonds. The van der Waals surface area contributed by atoms with Crippen molar-refractivity contribution in [1.82, 2.24) is 4.90 Å². The van der Waals surface area contributed by atoms with E-state index < -0.39 is 0 Å². The average molecular weight is 414 g/mol. The predicted molar refractivity (Wildman–Crippen MR) is 117 cm³/mol. The monoisotopic (exact) mass is 413 g/mol. The van der Waals surface area contributed by atoms with Crippen molar-refractivity contribution in [2.45, 2.75) is 25.4 Å². The van der Waals surface area contributed by atoms with Gasteiger partial charge in [0.2, 0.25) is 0 Å². The van der Waals surface area contributed by atoms with E-state index in [0.29, 0.717) is 6.04 Å². The number of halogens is 2. The van der Waals surface area contributed by atoms with Crippen LogP contribution < -0.4 is 20.5 Å². The van der Waals surface area contributed by atoms with Crippen molar-refractivity contribution in [2.24, 2.45) is 0 Å². The van der Waals surface area contributed by atoms with E-state index in [0.717, 1.165) is 55.3 Å². The van der Waals surface area contributed by atoms with E-state index in [1.165, 1.54) is 5.56 Å². The smallest absolute Gasteiger partial charge is 0.124 e. The number of benzene rings is 2. The van der Waals surface area contributed by atoms with E-state index in [4.69, 9.17) is 15.2 Å². The minimum absolute atomic E-state index is 0. The van der Waals surface area contributed by atoms with Crippen LogP contribution in [-0.2, 0) is 6.54 Å². The number of ether oxygens (including phenoxy) is 2. The summed E-state index contributed by atoms with van der Waals surface area (Å²) in [5.41, 5.74) is 9.03. The average Bonchev–Trinajstić information content (AvgIpc) is 2.63. The molecule has 1 fully saturated rings. The molecule has 0 atom stereocenters. The van der Waals surface area contributed by atoms with Crippen LogP contribution in [-0.4, -0.2) is 38.3 Å². The maximum atomic E-state index is 5.87. The third-order valence-corrected chi connectivity index (χ3v) is 4.67. The van der Waals surface area contributed by atoms with Crippen LogP contribution in [0.3, 0.4) is 0 Å². The fourth-order valence-corrected chi connectivity index (χ4v) is 3.31. The van der Waals surface area contributed by atoms with Crippen LogP contribution in [0.5, 0.6) is 11.5 Å². The lowest BCUT2D eigenvalue weighted by Crippen LogP contribution is -2.38. The van der Waals surface area contributed by atoms with Gasteiger partial charge in [-0.15, -0.1) is 24.8 Å². The fourth-order valence-electron chi connectivity index (χ4n) is 3.31. The SMILES string of the molecule is COc1cc(NC2CCN(Cc3cccc(N)c3)CC2)cc(OC)c1.Cl.Cl. The zero-order valence-electron chi connectivity index (χ0n) is 15.8. The van der Waals surface area contributed by atoms with Crippen molar-refractivity contribution in [3.8, 4) is 11.5 Å². The molecular formula is C20H29Cl2N3O2. The molecule has 0 saturated carbocycles. The number of nitrogen functional groups attached to an aromatic ring is 1. The highest BCUT2D eigenvalue weighted by Gasteiger charge is 2.19. The van der Waals surface area contributed by atoms with Gasteiger partial charge in [0.25, 0.3) is 0 Å². The minimum Gasteiger partial charge on any atom is -0.497 e. The Balaban J connectivity index is 0.00000182. The Bertz CT molecular complexity index is 685. The second-order valence-corrected chi connectivity index (χ2v) is 6.54. The number of nitrogens with zero attached hydrogens (tertiary/aromatic N) is 1. The van der Waals surface area contributed by atoms with E-state index >= 15 is 0 Å². The molecule has 1 aliphatic heterocycles. The normalized spacial score (nSPS) is 14.6. The summed E-state index contributed by atoms with van der Waals surface area (Å²) in [6.07, 6.45) is 2.23. The molecule has 3 rings (SSSR count). The number of nitrogens with one attached hydrogen (secondary N) is 1. The van der Waals surface area contributed by atoms with Crippen LogP contribution >= 0.6 is 24.8 Å². The number of methoxy groups -OCH3 is 2. The molecule has 0 spiro atoms. The number of anilines is 2. The van der Waals surface area contributed by atoms with E-state index in [-0.39, 0.29) is 24.8 Å². The first kappa shape index (κ1) is 23.2. The van der Waals surface area contributed by atoms with Gasteiger partial charge in [-0.2, -0.15) is 0 Å². The van der Waals surface area contributed by atoms with Gasteiger partial charge in [-0.3, -0.25) is 4.90 Å². The van der Waals surface area contributed by atoms with Crippen LogP contribution in [0.4, 0.5) is 11.4 Å². The van der Waals surface area contributed by atoms with Gasteiger partial charge >= 0.3 is 0 Å². The van der Waals surface area contributed by atoms with Gasteiger partial charge in [-0.1, -0.05) is 12.1 Å². The number of hydrogen-bond acceptors (Lipinski definition) is 5. The summed E-state index contributed by atoms with van der Waals surface area (Å²) in [5, 5.41) is 3.62. The van der Waals surface area contributed by atoms with Gasteiger partial charge in [-0.25, -0.2) is 0 Å². The molecule has 5 nitrogen and oxygen atoms in total. The summed E-state index contributed by atoms with van der Waals surface area (Å²) >= 11 is 0. The van der Waals surface area contributed by atoms with Gasteiger partial charge in [0, 0.05) is 55.2 Å². The first-order chi connectivity index (χ1) is 12.2. The third kappa shape index (κ3) is 6.69. The molecule has 0 unspecified atom stereocenters. The van der Waals surface area contributed by atoms with E-state index in [1.54, 1.807) is 14.2 Å². The van der Waals surface area contributed by atoms with Gasteiger partial charge in [-0.05, 0) is 30.5 Å². The van der Waals surface area contributed by atoms with Gasteiger partial charge in [0.05, 0.1) is 14.2 Å². The summed E-state index contributed by atoms with van der Waals surface area (Å²) in [7, 11) is 3.35. The Morgan fingerprint density at radius 1 is 1.00 bits per heavy atom. The number of hydrogen-bond donors (Lipinski definition) is 2. The summed E-state index contributed by atoms with van der Waals surface area (Å²) in [6, 6.07) is 14.5. The standard InChI is InChI=1S/C20H27N3O2.2ClH/c1-24-19-11-18(12-20(13-19)25-2)22-17-6-8-23(9-7-17)14-15-4-3-5-16(21)10-15;;/h3-5,10-13,17,22H,6-9,14,21H2,1-2H3;2*1H. The summed E-state index contributed by atoms with van der Waals surface area (Å²) in [6.45, 7) is 3.12. The lowest BCUT2D eigenvalue weighted by atomic mass is 10.0. The fraction of sp³-hybridized carbons (Fsp3) is 0.400. The molecule has 27 heavy (non-hydrogen) atoms. The molecule has 1 aliphatic rings. The number of piperidine rings is 1. The second kappa shape index (κ2) is 11.1. The predicted octanol–water partition coefficient (Wildman–Crippen LogP) is 4.21. The topological polar surface area (TPSA) is 59.8 Å². The summed E-state index contributed by atoms with van der Waals surface area (Å²) in [5.74, 6) is 1.61. The first-order valence-corrected chi connectivity index (χ1v) is 8.72. The molecule has 7 heteroatoms. The number of nitrogens with two attached hydrogens (primary N) is 1. The highest BCUT2D eigenvalue weighted by molar-refractivity contribution is 5.85. The number of likely N-dealkylation sites (tertiary alicyclic amines) is 1. The highest BCUT2D eigenvalue weighted by Crippen LogP contribution is 2.27. The van der Waals surface area contributed by atoms with Gasteiger partial charge in [0.15, 0.2) is 0 Å². The Morgan fingerprint density at radius 3 is 2.19 bits per heavy atom. The van der Waals surface area contributed by atoms with Crippen LogP contribution in [0, 0.1) is 0 Å². The molecule has 0 aliphatic carbocycles. The molecule has 0 bridgehead atoms. The van der Waals surface area contributed by atoms with Crippen LogP contribution in [0.2, 0.25) is 0 Å².